The highest BCUT2D eigenvalue weighted by Crippen LogP contribution is 2.21. The minimum absolute atomic E-state index is 0.168. The number of nitrogens with one attached hydrogen (secondary N) is 1. The standard InChI is InChI=1S/C15H19N3OS/c1-10(2)19-14-7-5-6-13(8-14)9-16-18-15-17-11(3)12(4)20-15/h5-10H,1-4H3,(H,17,18)/b16-9+. The average molecular weight is 289 g/mol. The lowest BCUT2D eigenvalue weighted by molar-refractivity contribution is 0.242. The minimum atomic E-state index is 0.168. The van der Waals surface area contributed by atoms with E-state index in [4.69, 9.17) is 4.74 Å². The Bertz CT molecular complexity index is 585. The number of hydrogen-bond donors (Lipinski definition) is 1. The van der Waals surface area contributed by atoms with Crippen LogP contribution in [0.4, 0.5) is 5.13 Å². The second-order valence-electron chi connectivity index (χ2n) is 4.77. The van der Waals surface area contributed by atoms with E-state index in [0.717, 1.165) is 22.1 Å². The number of nitrogens with zero attached hydrogens (tertiary/aromatic N) is 2. The van der Waals surface area contributed by atoms with Crippen molar-refractivity contribution in [1.29, 1.82) is 0 Å². The fourth-order valence-electron chi connectivity index (χ4n) is 1.62. The van der Waals surface area contributed by atoms with Crippen LogP contribution in [-0.2, 0) is 0 Å². The highest BCUT2D eigenvalue weighted by atomic mass is 32.1. The van der Waals surface area contributed by atoms with E-state index in [1.807, 2.05) is 45.0 Å². The molecule has 1 aromatic heterocycles. The average Bonchev–Trinajstić information content (AvgIpc) is 2.68. The topological polar surface area (TPSA) is 46.5 Å². The van der Waals surface area contributed by atoms with Crippen LogP contribution in [0, 0.1) is 13.8 Å². The van der Waals surface area contributed by atoms with Crippen molar-refractivity contribution >= 4 is 22.7 Å². The summed E-state index contributed by atoms with van der Waals surface area (Å²) in [5.74, 6) is 0.852. The van der Waals surface area contributed by atoms with Crippen LogP contribution in [0.15, 0.2) is 29.4 Å². The van der Waals surface area contributed by atoms with Crippen LogP contribution in [0.1, 0.15) is 30.0 Å². The number of ether oxygens (including phenoxy) is 1. The highest BCUT2D eigenvalue weighted by molar-refractivity contribution is 7.15. The Kier molecular flexibility index (Phi) is 4.74. The van der Waals surface area contributed by atoms with E-state index in [2.05, 4.69) is 22.4 Å². The Hall–Kier alpha value is -1.88. The molecule has 0 saturated carbocycles. The summed E-state index contributed by atoms with van der Waals surface area (Å²) in [5.41, 5.74) is 4.98. The van der Waals surface area contributed by atoms with Gasteiger partial charge in [-0.15, -0.1) is 11.3 Å². The molecule has 0 radical (unpaired) electrons. The van der Waals surface area contributed by atoms with Crippen LogP contribution in [0.25, 0.3) is 0 Å². The Balaban J connectivity index is 2.00. The Labute approximate surface area is 123 Å². The third kappa shape index (κ3) is 4.06. The molecule has 1 heterocycles. The van der Waals surface area contributed by atoms with Gasteiger partial charge in [0.1, 0.15) is 5.75 Å². The molecular weight excluding hydrogens is 270 g/mol. The molecule has 5 heteroatoms. The van der Waals surface area contributed by atoms with E-state index in [1.54, 1.807) is 17.6 Å². The fraction of sp³-hybridized carbons (Fsp3) is 0.333. The van der Waals surface area contributed by atoms with Gasteiger partial charge in [0.25, 0.3) is 0 Å². The summed E-state index contributed by atoms with van der Waals surface area (Å²) >= 11 is 1.60. The lowest BCUT2D eigenvalue weighted by atomic mass is 10.2. The third-order valence-corrected chi connectivity index (χ3v) is 3.61. The molecule has 0 bridgehead atoms. The number of thiazole rings is 1. The Morgan fingerprint density at radius 2 is 2.15 bits per heavy atom. The molecule has 2 aromatic rings. The van der Waals surface area contributed by atoms with Crippen molar-refractivity contribution < 1.29 is 4.74 Å². The quantitative estimate of drug-likeness (QED) is 0.668. The van der Waals surface area contributed by atoms with Crippen LogP contribution in [0.3, 0.4) is 0 Å². The lowest BCUT2D eigenvalue weighted by Crippen LogP contribution is -2.05. The minimum Gasteiger partial charge on any atom is -0.491 e. The number of hydrazone groups is 1. The molecule has 0 aliphatic carbocycles. The normalized spacial score (nSPS) is 11.2. The van der Waals surface area contributed by atoms with Gasteiger partial charge < -0.3 is 4.74 Å². The molecule has 106 valence electrons. The van der Waals surface area contributed by atoms with Gasteiger partial charge in [-0.1, -0.05) is 12.1 Å². The number of anilines is 1. The Morgan fingerprint density at radius 3 is 2.80 bits per heavy atom. The second-order valence-corrected chi connectivity index (χ2v) is 5.97. The van der Waals surface area contributed by atoms with Crippen molar-refractivity contribution in [3.8, 4) is 5.75 Å². The SMILES string of the molecule is Cc1nc(N/N=C/c2cccc(OC(C)C)c2)sc1C. The van der Waals surface area contributed by atoms with Crippen molar-refractivity contribution in [3.63, 3.8) is 0 Å². The number of benzene rings is 1. The molecule has 2 rings (SSSR count). The molecule has 0 fully saturated rings. The largest absolute Gasteiger partial charge is 0.491 e. The van der Waals surface area contributed by atoms with E-state index in [-0.39, 0.29) is 6.10 Å². The van der Waals surface area contributed by atoms with Crippen molar-refractivity contribution in [2.24, 2.45) is 5.10 Å². The summed E-state index contributed by atoms with van der Waals surface area (Å²) in [4.78, 5) is 5.57. The molecular formula is C15H19N3OS. The van der Waals surface area contributed by atoms with Crippen molar-refractivity contribution in [2.45, 2.75) is 33.8 Å². The first-order chi connectivity index (χ1) is 9.54. The first kappa shape index (κ1) is 14.5. The summed E-state index contributed by atoms with van der Waals surface area (Å²) in [6, 6.07) is 7.84. The summed E-state index contributed by atoms with van der Waals surface area (Å²) < 4.78 is 5.65. The molecule has 0 amide bonds. The fourth-order valence-corrected chi connectivity index (χ4v) is 2.39. The predicted octanol–water partition coefficient (Wildman–Crippen LogP) is 3.99. The number of aryl methyl sites for hydroxylation is 2. The third-order valence-electron chi connectivity index (χ3n) is 2.63. The zero-order chi connectivity index (χ0) is 14.5. The van der Waals surface area contributed by atoms with Crippen LogP contribution >= 0.6 is 11.3 Å². The maximum absolute atomic E-state index is 5.65. The molecule has 20 heavy (non-hydrogen) atoms. The summed E-state index contributed by atoms with van der Waals surface area (Å²) in [6.07, 6.45) is 1.93. The van der Waals surface area contributed by atoms with E-state index in [1.165, 1.54) is 4.88 Å². The van der Waals surface area contributed by atoms with Crippen molar-refractivity contribution in [2.75, 3.05) is 5.43 Å². The van der Waals surface area contributed by atoms with Gasteiger partial charge >= 0.3 is 0 Å². The van der Waals surface area contributed by atoms with Crippen molar-refractivity contribution in [3.05, 3.63) is 40.4 Å². The van der Waals surface area contributed by atoms with Gasteiger partial charge in [0.15, 0.2) is 0 Å². The molecule has 0 atom stereocenters. The van der Waals surface area contributed by atoms with Crippen LogP contribution < -0.4 is 10.2 Å². The van der Waals surface area contributed by atoms with E-state index in [9.17, 15) is 0 Å². The van der Waals surface area contributed by atoms with Gasteiger partial charge in [-0.05, 0) is 45.4 Å². The maximum Gasteiger partial charge on any atom is 0.203 e. The monoisotopic (exact) mass is 289 g/mol. The van der Waals surface area contributed by atoms with Gasteiger partial charge in [0, 0.05) is 4.88 Å². The molecule has 0 aliphatic rings. The van der Waals surface area contributed by atoms with Gasteiger partial charge in [-0.3, -0.25) is 5.43 Å². The molecule has 0 spiro atoms. The van der Waals surface area contributed by atoms with Gasteiger partial charge in [-0.2, -0.15) is 5.10 Å². The Morgan fingerprint density at radius 1 is 1.35 bits per heavy atom. The molecule has 1 N–H and O–H groups in total. The van der Waals surface area contributed by atoms with Crippen LogP contribution in [0.5, 0.6) is 5.75 Å². The maximum atomic E-state index is 5.65. The summed E-state index contributed by atoms with van der Waals surface area (Å²) in [5, 5.41) is 5.01. The molecule has 0 saturated heterocycles. The van der Waals surface area contributed by atoms with E-state index < -0.39 is 0 Å². The highest BCUT2D eigenvalue weighted by Gasteiger charge is 2.01. The van der Waals surface area contributed by atoms with Gasteiger partial charge in [0.05, 0.1) is 18.0 Å². The molecule has 0 aliphatic heterocycles. The van der Waals surface area contributed by atoms with Gasteiger partial charge in [-0.25, -0.2) is 4.98 Å². The second kappa shape index (κ2) is 6.52. The zero-order valence-electron chi connectivity index (χ0n) is 12.2. The number of aromatic nitrogens is 1. The van der Waals surface area contributed by atoms with Crippen LogP contribution in [-0.4, -0.2) is 17.3 Å². The van der Waals surface area contributed by atoms with Crippen LogP contribution in [0.2, 0.25) is 0 Å². The summed E-state index contributed by atoms with van der Waals surface area (Å²) in [6.45, 7) is 8.06. The first-order valence-corrected chi connectivity index (χ1v) is 7.36. The number of hydrogen-bond acceptors (Lipinski definition) is 5. The molecule has 1 aromatic carbocycles. The zero-order valence-corrected chi connectivity index (χ0v) is 13.0. The molecule has 4 nitrogen and oxygen atoms in total. The number of rotatable bonds is 5. The molecule has 0 unspecified atom stereocenters. The van der Waals surface area contributed by atoms with E-state index in [0.29, 0.717) is 0 Å². The van der Waals surface area contributed by atoms with Gasteiger partial charge in [0.2, 0.25) is 5.13 Å². The van der Waals surface area contributed by atoms with Crippen molar-refractivity contribution in [1.82, 2.24) is 4.98 Å². The van der Waals surface area contributed by atoms with E-state index >= 15 is 0 Å². The lowest BCUT2D eigenvalue weighted by Gasteiger charge is -2.09. The smallest absolute Gasteiger partial charge is 0.203 e. The summed E-state index contributed by atoms with van der Waals surface area (Å²) in [7, 11) is 0. The predicted molar refractivity (Wildman–Crippen MR) is 85.0 cm³/mol. The first-order valence-electron chi connectivity index (χ1n) is 6.54.